The number of carbonyl (C=O) groups excluding carboxylic acids is 1. The first-order valence-corrected chi connectivity index (χ1v) is 2.75. The van der Waals surface area contributed by atoms with E-state index in [4.69, 9.17) is 0 Å². The molecule has 0 saturated heterocycles. The number of rotatable bonds is 0. The van der Waals surface area contributed by atoms with Gasteiger partial charge in [0.05, 0.1) is 5.75 Å². The summed E-state index contributed by atoms with van der Waals surface area (Å²) in [5.41, 5.74) is 0. The number of hydrogen-bond donors (Lipinski definition) is 0. The number of thioether (sulfide) groups is 1. The largest absolute Gasteiger partial charge is 0.412 e. The van der Waals surface area contributed by atoms with E-state index in [1.807, 2.05) is 5.41 Å². The van der Waals surface area contributed by atoms with E-state index in [1.54, 1.807) is 17.8 Å². The third kappa shape index (κ3) is 1.75. The third-order valence-electron chi connectivity index (χ3n) is 0.576. The van der Waals surface area contributed by atoms with Crippen LogP contribution in [0.3, 0.4) is 0 Å². The van der Waals surface area contributed by atoms with Crippen molar-refractivity contribution in [1.82, 2.24) is 0 Å². The summed E-state index contributed by atoms with van der Waals surface area (Å²) in [6.07, 6.45) is 1.60. The predicted octanol–water partition coefficient (Wildman–Crippen LogP) is -0.00870. The average molecular weight is 118 g/mol. The Kier molecular flexibility index (Phi) is 2.71. The third-order valence-corrected chi connectivity index (χ3v) is 1.36. The Balaban J connectivity index is 0.000000360. The van der Waals surface area contributed by atoms with Gasteiger partial charge in [-0.1, -0.05) is 0 Å². The second-order valence-corrected chi connectivity index (χ2v) is 1.97. The van der Waals surface area contributed by atoms with Crippen LogP contribution in [-0.4, -0.2) is 17.0 Å². The van der Waals surface area contributed by atoms with E-state index < -0.39 is 0 Å². The van der Waals surface area contributed by atoms with E-state index in [9.17, 15) is 4.79 Å². The van der Waals surface area contributed by atoms with Gasteiger partial charge in [-0.15, -0.1) is 11.8 Å². The van der Waals surface area contributed by atoms with Gasteiger partial charge >= 0.3 is 0 Å². The fourth-order valence-electron chi connectivity index (χ4n) is 0.302. The minimum Gasteiger partial charge on any atom is -0.412 e. The SMILES string of the molecule is O.O=C1C=CSC1. The highest BCUT2D eigenvalue weighted by molar-refractivity contribution is 8.03. The molecule has 0 spiro atoms. The molecule has 40 valence electrons. The molecule has 1 aliphatic rings. The molecule has 0 aromatic carbocycles. The van der Waals surface area contributed by atoms with E-state index in [-0.39, 0.29) is 11.3 Å². The summed E-state index contributed by atoms with van der Waals surface area (Å²) < 4.78 is 0. The van der Waals surface area contributed by atoms with E-state index in [0.717, 1.165) is 0 Å². The highest BCUT2D eigenvalue weighted by Crippen LogP contribution is 2.08. The van der Waals surface area contributed by atoms with Crippen molar-refractivity contribution in [3.05, 3.63) is 11.5 Å². The number of hydrogen-bond acceptors (Lipinski definition) is 2. The molecule has 0 aromatic rings. The fraction of sp³-hybridized carbons (Fsp3) is 0.250. The van der Waals surface area contributed by atoms with Crippen LogP contribution in [0.5, 0.6) is 0 Å². The maximum absolute atomic E-state index is 10.1. The number of carbonyl (C=O) groups is 1. The van der Waals surface area contributed by atoms with Crippen molar-refractivity contribution in [1.29, 1.82) is 0 Å². The van der Waals surface area contributed by atoms with Crippen molar-refractivity contribution in [3.63, 3.8) is 0 Å². The second-order valence-electron chi connectivity index (χ2n) is 1.08. The van der Waals surface area contributed by atoms with Gasteiger partial charge in [-0.2, -0.15) is 0 Å². The molecule has 0 saturated carbocycles. The van der Waals surface area contributed by atoms with Crippen LogP contribution >= 0.6 is 11.8 Å². The first-order valence-electron chi connectivity index (χ1n) is 1.70. The summed E-state index contributed by atoms with van der Waals surface area (Å²) in [4.78, 5) is 10.1. The molecule has 3 heteroatoms. The monoisotopic (exact) mass is 118 g/mol. The molecule has 0 unspecified atom stereocenters. The Labute approximate surface area is 45.9 Å². The zero-order valence-corrected chi connectivity index (χ0v) is 4.49. The van der Waals surface area contributed by atoms with Gasteiger partial charge in [0.2, 0.25) is 0 Å². The lowest BCUT2D eigenvalue weighted by Crippen LogP contribution is -1.86. The van der Waals surface area contributed by atoms with E-state index in [0.29, 0.717) is 5.75 Å². The van der Waals surface area contributed by atoms with E-state index >= 15 is 0 Å². The molecule has 0 aliphatic carbocycles. The molecule has 0 atom stereocenters. The van der Waals surface area contributed by atoms with E-state index in [1.165, 1.54) is 0 Å². The molecule has 2 N–H and O–H groups in total. The van der Waals surface area contributed by atoms with Gasteiger partial charge in [0, 0.05) is 0 Å². The molecule has 1 heterocycles. The standard InChI is InChI=1S/C4H4OS.H2O/c5-4-1-2-6-3-4;/h1-2H,3H2;1H2. The normalized spacial score (nSPS) is 16.9. The minimum absolute atomic E-state index is 0. The van der Waals surface area contributed by atoms with Crippen LogP contribution in [0.4, 0.5) is 0 Å². The van der Waals surface area contributed by atoms with Crippen LogP contribution in [-0.2, 0) is 4.79 Å². The van der Waals surface area contributed by atoms with Gasteiger partial charge in [0.25, 0.3) is 0 Å². The summed E-state index contributed by atoms with van der Waals surface area (Å²) in [5.74, 6) is 0.889. The molecule has 0 radical (unpaired) electrons. The minimum atomic E-state index is 0. The van der Waals surface area contributed by atoms with Crippen molar-refractivity contribution in [2.75, 3.05) is 5.75 Å². The maximum Gasteiger partial charge on any atom is 0.166 e. The highest BCUT2D eigenvalue weighted by atomic mass is 32.2. The Morgan fingerprint density at radius 2 is 2.43 bits per heavy atom. The lowest BCUT2D eigenvalue weighted by atomic mass is 10.5. The number of allylic oxidation sites excluding steroid dienone is 1. The van der Waals surface area contributed by atoms with Crippen LogP contribution in [0.15, 0.2) is 11.5 Å². The van der Waals surface area contributed by atoms with Crippen LogP contribution in [0, 0.1) is 0 Å². The lowest BCUT2D eigenvalue weighted by molar-refractivity contribution is -0.112. The molecule has 0 amide bonds. The summed E-state index contributed by atoms with van der Waals surface area (Å²) >= 11 is 1.55. The quantitative estimate of drug-likeness (QED) is 0.449. The van der Waals surface area contributed by atoms with Crippen LogP contribution < -0.4 is 0 Å². The predicted molar refractivity (Wildman–Crippen MR) is 30.2 cm³/mol. The van der Waals surface area contributed by atoms with Crippen molar-refractivity contribution in [2.45, 2.75) is 0 Å². The van der Waals surface area contributed by atoms with Gasteiger partial charge < -0.3 is 5.48 Å². The van der Waals surface area contributed by atoms with Crippen molar-refractivity contribution < 1.29 is 10.3 Å². The van der Waals surface area contributed by atoms with Gasteiger partial charge in [-0.05, 0) is 11.5 Å². The topological polar surface area (TPSA) is 48.6 Å². The van der Waals surface area contributed by atoms with Crippen LogP contribution in [0.2, 0.25) is 0 Å². The van der Waals surface area contributed by atoms with Crippen molar-refractivity contribution >= 4 is 17.5 Å². The first kappa shape index (κ1) is 6.72. The molecule has 1 aliphatic heterocycles. The van der Waals surface area contributed by atoms with Gasteiger partial charge in [0.15, 0.2) is 5.78 Å². The zero-order valence-electron chi connectivity index (χ0n) is 3.68. The van der Waals surface area contributed by atoms with Gasteiger partial charge in [-0.3, -0.25) is 4.79 Å². The molecule has 7 heavy (non-hydrogen) atoms. The highest BCUT2D eigenvalue weighted by Gasteiger charge is 1.99. The average Bonchev–Trinajstić information content (AvgIpc) is 1.86. The summed E-state index contributed by atoms with van der Waals surface area (Å²) in [6.45, 7) is 0. The Bertz CT molecular complexity index is 97.9. The smallest absolute Gasteiger partial charge is 0.166 e. The summed E-state index contributed by atoms with van der Waals surface area (Å²) in [5, 5.41) is 1.82. The summed E-state index contributed by atoms with van der Waals surface area (Å²) in [6, 6.07) is 0. The molecule has 2 nitrogen and oxygen atoms in total. The summed E-state index contributed by atoms with van der Waals surface area (Å²) in [7, 11) is 0. The van der Waals surface area contributed by atoms with E-state index in [2.05, 4.69) is 0 Å². The number of ketones is 1. The van der Waals surface area contributed by atoms with Gasteiger partial charge in [-0.25, -0.2) is 0 Å². The van der Waals surface area contributed by atoms with Crippen LogP contribution in [0.25, 0.3) is 0 Å². The molecule has 0 aromatic heterocycles. The van der Waals surface area contributed by atoms with Crippen LogP contribution in [0.1, 0.15) is 0 Å². The molecular formula is C4H6O2S. The Hall–Kier alpha value is -0.280. The molecule has 1 rings (SSSR count). The Morgan fingerprint density at radius 3 is 2.57 bits per heavy atom. The van der Waals surface area contributed by atoms with Crippen molar-refractivity contribution in [3.8, 4) is 0 Å². The maximum atomic E-state index is 10.1. The molecular weight excluding hydrogens is 112 g/mol. The lowest BCUT2D eigenvalue weighted by Gasteiger charge is -1.71. The zero-order chi connectivity index (χ0) is 4.41. The van der Waals surface area contributed by atoms with Crippen molar-refractivity contribution in [2.24, 2.45) is 0 Å². The molecule has 0 bridgehead atoms. The molecule has 0 fully saturated rings. The Morgan fingerprint density at radius 1 is 1.71 bits per heavy atom. The second kappa shape index (κ2) is 2.82. The fourth-order valence-corrected chi connectivity index (χ4v) is 0.907. The first-order chi connectivity index (χ1) is 2.89. The van der Waals surface area contributed by atoms with Gasteiger partial charge in [0.1, 0.15) is 0 Å².